The number of amides is 1. The quantitative estimate of drug-likeness (QED) is 0.335. The summed E-state index contributed by atoms with van der Waals surface area (Å²) in [6.45, 7) is 6.24. The Morgan fingerprint density at radius 1 is 1.28 bits per heavy atom. The fourth-order valence-electron chi connectivity index (χ4n) is 2.53. The Morgan fingerprint density at radius 3 is 2.79 bits per heavy atom. The molecular formula is C20H24N6O2S. The summed E-state index contributed by atoms with van der Waals surface area (Å²) in [7, 11) is 1.89. The highest BCUT2D eigenvalue weighted by molar-refractivity contribution is 8.00. The molecule has 29 heavy (non-hydrogen) atoms. The van der Waals surface area contributed by atoms with E-state index >= 15 is 0 Å². The summed E-state index contributed by atoms with van der Waals surface area (Å²) < 4.78 is 7.25. The zero-order valence-corrected chi connectivity index (χ0v) is 17.7. The molecule has 0 saturated heterocycles. The third-order valence-electron chi connectivity index (χ3n) is 4.29. The molecule has 0 aliphatic rings. The number of rotatable bonds is 8. The zero-order chi connectivity index (χ0) is 20.8. The number of thioether (sulfide) groups is 1. The van der Waals surface area contributed by atoms with Gasteiger partial charge in [-0.1, -0.05) is 30.0 Å². The molecule has 0 bridgehead atoms. The van der Waals surface area contributed by atoms with Crippen LogP contribution in [-0.2, 0) is 18.4 Å². The average molecular weight is 413 g/mol. The molecule has 3 rings (SSSR count). The fourth-order valence-corrected chi connectivity index (χ4v) is 3.36. The van der Waals surface area contributed by atoms with E-state index in [9.17, 15) is 4.79 Å². The maximum absolute atomic E-state index is 12.3. The Labute approximate surface area is 173 Å². The molecule has 0 radical (unpaired) electrons. The van der Waals surface area contributed by atoms with E-state index in [2.05, 4.69) is 39.0 Å². The minimum atomic E-state index is -0.384. The Balaban J connectivity index is 1.53. The number of aromatic nitrogens is 3. The summed E-state index contributed by atoms with van der Waals surface area (Å²) >= 11 is 1.33. The van der Waals surface area contributed by atoms with Crippen molar-refractivity contribution in [3.63, 3.8) is 0 Å². The van der Waals surface area contributed by atoms with Crippen LogP contribution < -0.4 is 10.7 Å². The van der Waals surface area contributed by atoms with Gasteiger partial charge in [-0.05, 0) is 44.5 Å². The molecule has 0 fully saturated rings. The lowest BCUT2D eigenvalue weighted by Crippen LogP contribution is -2.27. The summed E-state index contributed by atoms with van der Waals surface area (Å²) in [5.74, 6) is 1.94. The van der Waals surface area contributed by atoms with E-state index in [0.29, 0.717) is 17.5 Å². The number of hydrogen-bond donors (Lipinski definition) is 2. The number of hydrazone groups is 1. The van der Waals surface area contributed by atoms with E-state index in [1.165, 1.54) is 23.5 Å². The van der Waals surface area contributed by atoms with Gasteiger partial charge in [0.1, 0.15) is 11.5 Å². The second-order valence-corrected chi connectivity index (χ2v) is 7.88. The lowest BCUT2D eigenvalue weighted by molar-refractivity contribution is -0.120. The van der Waals surface area contributed by atoms with Crippen LogP contribution in [0.5, 0.6) is 0 Å². The van der Waals surface area contributed by atoms with E-state index < -0.39 is 0 Å². The molecule has 1 amide bonds. The highest BCUT2D eigenvalue weighted by atomic mass is 32.2. The third-order valence-corrected chi connectivity index (χ3v) is 5.42. The van der Waals surface area contributed by atoms with Gasteiger partial charge in [0.25, 0.3) is 5.91 Å². The molecule has 0 saturated carbocycles. The van der Waals surface area contributed by atoms with Gasteiger partial charge < -0.3 is 14.3 Å². The van der Waals surface area contributed by atoms with Crippen LogP contribution in [0.3, 0.4) is 0 Å². The molecule has 152 valence electrons. The highest BCUT2D eigenvalue weighted by Crippen LogP contribution is 2.22. The van der Waals surface area contributed by atoms with Crippen molar-refractivity contribution in [3.05, 3.63) is 59.3 Å². The summed E-state index contributed by atoms with van der Waals surface area (Å²) in [4.78, 5) is 12.3. The minimum absolute atomic E-state index is 0.225. The number of carbonyl (C=O) groups is 1. The Bertz CT molecular complexity index is 1010. The second-order valence-electron chi connectivity index (χ2n) is 6.57. The topological polar surface area (TPSA) is 97.3 Å². The number of aryl methyl sites for hydroxylation is 2. The van der Waals surface area contributed by atoms with Crippen molar-refractivity contribution in [2.45, 2.75) is 37.7 Å². The summed E-state index contributed by atoms with van der Waals surface area (Å²) in [6.07, 6.45) is 1.47. The fraction of sp³-hybridized carbons (Fsp3) is 0.300. The van der Waals surface area contributed by atoms with Crippen molar-refractivity contribution in [2.75, 3.05) is 5.32 Å². The molecule has 2 aromatic heterocycles. The van der Waals surface area contributed by atoms with Crippen LogP contribution in [-0.4, -0.2) is 32.1 Å². The number of nitrogens with one attached hydrogen (secondary N) is 2. The van der Waals surface area contributed by atoms with E-state index in [1.54, 1.807) is 13.0 Å². The number of anilines is 1. The normalized spacial score (nSPS) is 12.3. The minimum Gasteiger partial charge on any atom is -0.460 e. The molecular weight excluding hydrogens is 388 g/mol. The summed E-state index contributed by atoms with van der Waals surface area (Å²) in [6, 6.07) is 11.7. The number of furan rings is 1. The molecule has 8 nitrogen and oxygen atoms in total. The van der Waals surface area contributed by atoms with E-state index in [1.807, 2.05) is 42.8 Å². The van der Waals surface area contributed by atoms with Crippen LogP contribution in [0.25, 0.3) is 0 Å². The first-order valence-electron chi connectivity index (χ1n) is 9.18. The summed E-state index contributed by atoms with van der Waals surface area (Å²) in [5.41, 5.74) is 4.74. The Hall–Kier alpha value is -3.07. The number of benzene rings is 1. The van der Waals surface area contributed by atoms with Crippen LogP contribution in [0.15, 0.2) is 51.1 Å². The first kappa shape index (κ1) is 20.7. The lowest BCUT2D eigenvalue weighted by Gasteiger charge is -2.10. The van der Waals surface area contributed by atoms with E-state index in [4.69, 9.17) is 4.42 Å². The van der Waals surface area contributed by atoms with Crippen LogP contribution in [0, 0.1) is 13.8 Å². The van der Waals surface area contributed by atoms with Crippen LogP contribution in [0.4, 0.5) is 5.69 Å². The van der Waals surface area contributed by atoms with Gasteiger partial charge >= 0.3 is 0 Å². The molecule has 2 N–H and O–H groups in total. The number of hydrogen-bond acceptors (Lipinski definition) is 7. The molecule has 0 aliphatic heterocycles. The van der Waals surface area contributed by atoms with Gasteiger partial charge in [0.05, 0.1) is 18.0 Å². The molecule has 1 atom stereocenters. The average Bonchev–Trinajstić information content (AvgIpc) is 3.27. The molecule has 1 aromatic carbocycles. The van der Waals surface area contributed by atoms with Gasteiger partial charge in [-0.15, -0.1) is 10.2 Å². The number of para-hydroxylation sites is 1. The van der Waals surface area contributed by atoms with Crippen LogP contribution in [0.2, 0.25) is 0 Å². The van der Waals surface area contributed by atoms with Crippen LogP contribution >= 0.6 is 11.8 Å². The van der Waals surface area contributed by atoms with Gasteiger partial charge in [0, 0.05) is 12.7 Å². The SMILES string of the molecule is Cc1ccc(/C=N\NC(=O)[C@@H](C)Sc2nnc(CNc3ccccc3C)n2C)o1. The van der Waals surface area contributed by atoms with Gasteiger partial charge in [-0.2, -0.15) is 5.10 Å². The predicted molar refractivity (Wildman–Crippen MR) is 114 cm³/mol. The van der Waals surface area contributed by atoms with Crippen molar-refractivity contribution in [3.8, 4) is 0 Å². The van der Waals surface area contributed by atoms with Crippen molar-refractivity contribution >= 4 is 29.6 Å². The van der Waals surface area contributed by atoms with Gasteiger partial charge in [0.15, 0.2) is 11.0 Å². The van der Waals surface area contributed by atoms with E-state index in [0.717, 1.165) is 17.3 Å². The maximum atomic E-state index is 12.3. The Kier molecular flexibility index (Phi) is 6.71. The molecule has 0 spiro atoms. The third kappa shape index (κ3) is 5.47. The first-order chi connectivity index (χ1) is 13.9. The van der Waals surface area contributed by atoms with Crippen molar-refractivity contribution in [1.29, 1.82) is 0 Å². The highest BCUT2D eigenvalue weighted by Gasteiger charge is 2.18. The smallest absolute Gasteiger partial charge is 0.253 e. The molecule has 0 unspecified atom stereocenters. The van der Waals surface area contributed by atoms with Crippen LogP contribution in [0.1, 0.15) is 29.8 Å². The van der Waals surface area contributed by atoms with E-state index in [-0.39, 0.29) is 11.2 Å². The first-order valence-corrected chi connectivity index (χ1v) is 10.1. The predicted octanol–water partition coefficient (Wildman–Crippen LogP) is 3.27. The lowest BCUT2D eigenvalue weighted by atomic mass is 10.2. The van der Waals surface area contributed by atoms with Crippen molar-refractivity contribution < 1.29 is 9.21 Å². The largest absolute Gasteiger partial charge is 0.460 e. The molecule has 9 heteroatoms. The maximum Gasteiger partial charge on any atom is 0.253 e. The second kappa shape index (κ2) is 9.42. The molecule has 3 aromatic rings. The number of carbonyl (C=O) groups excluding carboxylic acids is 1. The van der Waals surface area contributed by atoms with Gasteiger partial charge in [-0.25, -0.2) is 5.43 Å². The molecule has 0 aliphatic carbocycles. The standard InChI is InChI=1S/C20H24N6O2S/c1-13-7-5-6-8-17(13)21-12-18-23-25-20(26(18)4)29-15(3)19(27)24-22-11-16-10-9-14(2)28-16/h5-11,15,21H,12H2,1-4H3,(H,24,27)/b22-11-/t15-/m1/s1. The van der Waals surface area contributed by atoms with Gasteiger partial charge in [-0.3, -0.25) is 4.79 Å². The molecule has 2 heterocycles. The summed E-state index contributed by atoms with van der Waals surface area (Å²) in [5, 5.41) is 16.0. The van der Waals surface area contributed by atoms with Gasteiger partial charge in [0.2, 0.25) is 0 Å². The number of nitrogens with zero attached hydrogens (tertiary/aromatic N) is 4. The Morgan fingerprint density at radius 2 is 2.07 bits per heavy atom. The van der Waals surface area contributed by atoms with Crippen molar-refractivity contribution in [2.24, 2.45) is 12.1 Å². The monoisotopic (exact) mass is 412 g/mol. The van der Waals surface area contributed by atoms with Crippen molar-refractivity contribution in [1.82, 2.24) is 20.2 Å². The zero-order valence-electron chi connectivity index (χ0n) is 16.8.